The normalized spacial score (nSPS) is 32.0. The van der Waals surface area contributed by atoms with Gasteiger partial charge >= 0.3 is 0 Å². The summed E-state index contributed by atoms with van der Waals surface area (Å²) in [6.07, 6.45) is 5.83. The highest BCUT2D eigenvalue weighted by Crippen LogP contribution is 2.42. The number of aryl methyl sites for hydroxylation is 1. The van der Waals surface area contributed by atoms with Gasteiger partial charge in [-0.25, -0.2) is 0 Å². The Balaban J connectivity index is 1.59. The third kappa shape index (κ3) is 2.87. The van der Waals surface area contributed by atoms with Crippen LogP contribution in [0.4, 0.5) is 0 Å². The van der Waals surface area contributed by atoms with Crippen LogP contribution in [0.1, 0.15) is 37.1 Å². The molecular formula is C12H19N3OS2. The van der Waals surface area contributed by atoms with Gasteiger partial charge in [-0.1, -0.05) is 23.1 Å². The third-order valence-corrected chi connectivity index (χ3v) is 5.92. The van der Waals surface area contributed by atoms with Gasteiger partial charge in [-0.05, 0) is 39.0 Å². The molecule has 1 aromatic heterocycles. The zero-order valence-electron chi connectivity index (χ0n) is 10.6. The molecule has 2 N–H and O–H groups in total. The van der Waals surface area contributed by atoms with Crippen LogP contribution in [-0.4, -0.2) is 38.7 Å². The highest BCUT2D eigenvalue weighted by molar-refractivity contribution is 8.01. The zero-order chi connectivity index (χ0) is 12.6. The summed E-state index contributed by atoms with van der Waals surface area (Å²) in [4.78, 5) is 0. The number of aliphatic hydroxyl groups excluding tert-OH is 1. The standard InChI is InChI=1S/C12H19N3OS2/c1-8-14-15-11(17-8)18-10-4-5-12(6-10,7-16)13-9-2-3-9/h9-10,13,16H,2-7H2,1H3. The summed E-state index contributed by atoms with van der Waals surface area (Å²) in [6.45, 7) is 2.25. The van der Waals surface area contributed by atoms with E-state index in [1.807, 2.05) is 18.7 Å². The molecule has 2 atom stereocenters. The van der Waals surface area contributed by atoms with Crippen molar-refractivity contribution in [1.82, 2.24) is 15.5 Å². The average Bonchev–Trinajstić information content (AvgIpc) is 2.93. The van der Waals surface area contributed by atoms with Crippen LogP contribution >= 0.6 is 23.1 Å². The van der Waals surface area contributed by atoms with Crippen molar-refractivity contribution >= 4 is 23.1 Å². The molecule has 3 rings (SSSR count). The summed E-state index contributed by atoms with van der Waals surface area (Å²) in [5.74, 6) is 0. The predicted molar refractivity (Wildman–Crippen MR) is 74.1 cm³/mol. The van der Waals surface area contributed by atoms with E-state index in [1.54, 1.807) is 11.3 Å². The van der Waals surface area contributed by atoms with Crippen LogP contribution in [0, 0.1) is 6.92 Å². The summed E-state index contributed by atoms with van der Waals surface area (Å²) < 4.78 is 1.07. The number of aromatic nitrogens is 2. The van der Waals surface area contributed by atoms with Gasteiger partial charge in [0.15, 0.2) is 4.34 Å². The molecule has 0 spiro atoms. The van der Waals surface area contributed by atoms with Crippen molar-refractivity contribution in [2.24, 2.45) is 0 Å². The number of hydrogen-bond donors (Lipinski definition) is 2. The van der Waals surface area contributed by atoms with Crippen molar-refractivity contribution in [2.75, 3.05) is 6.61 Å². The SMILES string of the molecule is Cc1nnc(SC2CCC(CO)(NC3CC3)C2)s1. The Morgan fingerprint density at radius 1 is 1.44 bits per heavy atom. The van der Waals surface area contributed by atoms with Gasteiger partial charge in [0.1, 0.15) is 5.01 Å². The number of rotatable bonds is 5. The zero-order valence-corrected chi connectivity index (χ0v) is 12.2. The lowest BCUT2D eigenvalue weighted by molar-refractivity contribution is 0.163. The van der Waals surface area contributed by atoms with Crippen molar-refractivity contribution in [1.29, 1.82) is 0 Å². The largest absolute Gasteiger partial charge is 0.394 e. The summed E-state index contributed by atoms with van der Waals surface area (Å²) in [5.41, 5.74) is -0.0292. The topological polar surface area (TPSA) is 58.0 Å². The fraction of sp³-hybridized carbons (Fsp3) is 0.833. The Morgan fingerprint density at radius 2 is 2.28 bits per heavy atom. The number of hydrogen-bond acceptors (Lipinski definition) is 6. The first-order chi connectivity index (χ1) is 8.69. The Kier molecular flexibility index (Phi) is 3.62. The highest BCUT2D eigenvalue weighted by atomic mass is 32.2. The lowest BCUT2D eigenvalue weighted by atomic mass is 9.99. The van der Waals surface area contributed by atoms with Crippen molar-refractivity contribution in [3.8, 4) is 0 Å². The molecule has 2 saturated carbocycles. The smallest absolute Gasteiger partial charge is 0.174 e. The quantitative estimate of drug-likeness (QED) is 0.866. The summed E-state index contributed by atoms with van der Waals surface area (Å²) in [5, 5.41) is 23.1. The van der Waals surface area contributed by atoms with Crippen molar-refractivity contribution in [3.05, 3.63) is 5.01 Å². The molecule has 4 nitrogen and oxygen atoms in total. The molecule has 2 fully saturated rings. The van der Waals surface area contributed by atoms with E-state index in [9.17, 15) is 5.11 Å². The predicted octanol–water partition coefficient (Wildman–Crippen LogP) is 1.97. The van der Waals surface area contributed by atoms with Crippen LogP contribution in [0.5, 0.6) is 0 Å². The Hall–Kier alpha value is -0.170. The maximum Gasteiger partial charge on any atom is 0.174 e. The fourth-order valence-electron chi connectivity index (χ4n) is 2.63. The fourth-order valence-corrected chi connectivity index (χ4v) is 5.02. The summed E-state index contributed by atoms with van der Waals surface area (Å²) in [6, 6.07) is 0.657. The van der Waals surface area contributed by atoms with Crippen LogP contribution in [-0.2, 0) is 0 Å². The lowest BCUT2D eigenvalue weighted by Gasteiger charge is -2.28. The van der Waals surface area contributed by atoms with Gasteiger partial charge in [-0.2, -0.15) is 0 Å². The van der Waals surface area contributed by atoms with E-state index in [2.05, 4.69) is 15.5 Å². The van der Waals surface area contributed by atoms with Crippen LogP contribution in [0.3, 0.4) is 0 Å². The minimum absolute atomic E-state index is 0.0292. The number of thioether (sulfide) groups is 1. The van der Waals surface area contributed by atoms with E-state index in [4.69, 9.17) is 0 Å². The molecule has 1 heterocycles. The molecule has 2 aliphatic carbocycles. The number of aliphatic hydroxyl groups is 1. The Labute approximate surface area is 116 Å². The molecule has 100 valence electrons. The van der Waals surface area contributed by atoms with E-state index in [0.29, 0.717) is 11.3 Å². The summed E-state index contributed by atoms with van der Waals surface area (Å²) >= 11 is 3.50. The van der Waals surface area contributed by atoms with Crippen molar-refractivity contribution in [3.63, 3.8) is 0 Å². The summed E-state index contributed by atoms with van der Waals surface area (Å²) in [7, 11) is 0. The first-order valence-electron chi connectivity index (χ1n) is 6.54. The van der Waals surface area contributed by atoms with E-state index >= 15 is 0 Å². The molecule has 0 saturated heterocycles. The first-order valence-corrected chi connectivity index (χ1v) is 8.24. The van der Waals surface area contributed by atoms with Crippen LogP contribution in [0.2, 0.25) is 0 Å². The molecule has 2 unspecified atom stereocenters. The Bertz CT molecular complexity index is 421. The molecule has 0 amide bonds. The molecule has 0 aromatic carbocycles. The highest BCUT2D eigenvalue weighted by Gasteiger charge is 2.42. The lowest BCUT2D eigenvalue weighted by Crippen LogP contribution is -2.47. The van der Waals surface area contributed by atoms with Gasteiger partial charge in [0.05, 0.1) is 6.61 Å². The molecule has 6 heteroatoms. The number of nitrogens with zero attached hydrogens (tertiary/aromatic N) is 2. The minimum Gasteiger partial charge on any atom is -0.394 e. The van der Waals surface area contributed by atoms with Gasteiger partial charge in [-0.15, -0.1) is 10.2 Å². The molecular weight excluding hydrogens is 266 g/mol. The second-order valence-electron chi connectivity index (χ2n) is 5.43. The van der Waals surface area contributed by atoms with Gasteiger partial charge in [0.25, 0.3) is 0 Å². The minimum atomic E-state index is -0.0292. The van der Waals surface area contributed by atoms with E-state index < -0.39 is 0 Å². The Morgan fingerprint density at radius 3 is 2.89 bits per heavy atom. The second kappa shape index (κ2) is 5.07. The molecule has 18 heavy (non-hydrogen) atoms. The van der Waals surface area contributed by atoms with E-state index in [-0.39, 0.29) is 12.1 Å². The van der Waals surface area contributed by atoms with Gasteiger partial charge in [0.2, 0.25) is 0 Å². The van der Waals surface area contributed by atoms with Gasteiger partial charge in [0, 0.05) is 16.8 Å². The maximum absolute atomic E-state index is 9.68. The second-order valence-corrected chi connectivity index (χ2v) is 8.16. The van der Waals surface area contributed by atoms with Crippen molar-refractivity contribution < 1.29 is 5.11 Å². The van der Waals surface area contributed by atoms with Gasteiger partial charge < -0.3 is 10.4 Å². The maximum atomic E-state index is 9.68. The average molecular weight is 285 g/mol. The third-order valence-electron chi connectivity index (χ3n) is 3.73. The van der Waals surface area contributed by atoms with E-state index in [0.717, 1.165) is 28.6 Å². The molecule has 0 radical (unpaired) electrons. The number of nitrogens with one attached hydrogen (secondary N) is 1. The van der Waals surface area contributed by atoms with Crippen LogP contribution in [0.15, 0.2) is 4.34 Å². The van der Waals surface area contributed by atoms with Crippen LogP contribution < -0.4 is 5.32 Å². The van der Waals surface area contributed by atoms with Crippen molar-refractivity contribution in [2.45, 2.75) is 60.2 Å². The molecule has 2 aliphatic rings. The monoisotopic (exact) mass is 285 g/mol. The first kappa shape index (κ1) is 12.8. The van der Waals surface area contributed by atoms with Crippen LogP contribution in [0.25, 0.3) is 0 Å². The molecule has 0 aliphatic heterocycles. The molecule has 0 bridgehead atoms. The molecule has 1 aromatic rings. The van der Waals surface area contributed by atoms with E-state index in [1.165, 1.54) is 12.8 Å². The van der Waals surface area contributed by atoms with Gasteiger partial charge in [-0.3, -0.25) is 0 Å².